The number of hydrogen-bond acceptors (Lipinski definition) is 4. The number of ether oxygens (including phenoxy) is 2. The van der Waals surface area contributed by atoms with Gasteiger partial charge in [0.05, 0.1) is 11.8 Å². The molecular weight excluding hydrogens is 230 g/mol. The average Bonchev–Trinajstić information content (AvgIpc) is 2.40. The summed E-state index contributed by atoms with van der Waals surface area (Å²) in [6.45, 7) is 4.83. The Balaban J connectivity index is 1.97. The second-order valence-electron chi connectivity index (χ2n) is 4.85. The highest BCUT2D eigenvalue weighted by Gasteiger charge is 2.25. The van der Waals surface area contributed by atoms with Gasteiger partial charge in [0.2, 0.25) is 0 Å². The smallest absolute Gasteiger partial charge is 0.158 e. The third kappa shape index (κ3) is 3.00. The molecule has 0 saturated carbocycles. The van der Waals surface area contributed by atoms with E-state index in [0.717, 1.165) is 31.4 Å². The van der Waals surface area contributed by atoms with Crippen molar-refractivity contribution in [3.8, 4) is 0 Å². The fraction of sp³-hybridized carbons (Fsp3) is 0.643. The van der Waals surface area contributed by atoms with E-state index in [4.69, 9.17) is 14.7 Å². The number of oxime groups is 1. The first kappa shape index (κ1) is 13.3. The molecule has 0 aromatic heterocycles. The number of rotatable bonds is 3. The van der Waals surface area contributed by atoms with E-state index in [1.165, 1.54) is 0 Å². The van der Waals surface area contributed by atoms with Crippen LogP contribution in [0.2, 0.25) is 0 Å². The number of hydrogen-bond donors (Lipinski definition) is 1. The number of allylic oxidation sites excluding steroid dienone is 3. The minimum atomic E-state index is -0.0951. The van der Waals surface area contributed by atoms with Gasteiger partial charge in [-0.2, -0.15) is 0 Å². The van der Waals surface area contributed by atoms with Crippen molar-refractivity contribution in [1.29, 1.82) is 0 Å². The standard InChI is InChI=1S/C14H21NO3/c1-10-12(6-5-7-13(10)15-16)11(2)18-14-8-3-4-9-17-14/h5-7,10-11,14,16H,3-4,8-9H2,1-2H3. The molecule has 100 valence electrons. The van der Waals surface area contributed by atoms with Gasteiger partial charge in [0.25, 0.3) is 0 Å². The van der Waals surface area contributed by atoms with E-state index in [0.29, 0.717) is 5.71 Å². The van der Waals surface area contributed by atoms with Crippen molar-refractivity contribution < 1.29 is 14.7 Å². The summed E-state index contributed by atoms with van der Waals surface area (Å²) in [5.74, 6) is 0.0820. The van der Waals surface area contributed by atoms with Gasteiger partial charge in [-0.25, -0.2) is 0 Å². The molecule has 1 aliphatic heterocycles. The molecule has 18 heavy (non-hydrogen) atoms. The van der Waals surface area contributed by atoms with Crippen molar-refractivity contribution in [2.45, 2.75) is 45.5 Å². The van der Waals surface area contributed by atoms with E-state index in [2.05, 4.69) is 5.16 Å². The minimum absolute atomic E-state index is 0.0233. The molecule has 0 aromatic carbocycles. The predicted molar refractivity (Wildman–Crippen MR) is 69.7 cm³/mol. The van der Waals surface area contributed by atoms with Crippen molar-refractivity contribution in [3.63, 3.8) is 0 Å². The fourth-order valence-corrected chi connectivity index (χ4v) is 2.45. The Morgan fingerprint density at radius 1 is 1.50 bits per heavy atom. The van der Waals surface area contributed by atoms with E-state index >= 15 is 0 Å². The molecule has 2 aliphatic rings. The maximum absolute atomic E-state index is 8.93. The van der Waals surface area contributed by atoms with Crippen LogP contribution in [0.4, 0.5) is 0 Å². The van der Waals surface area contributed by atoms with E-state index in [1.54, 1.807) is 0 Å². The van der Waals surface area contributed by atoms with Gasteiger partial charge in [0.1, 0.15) is 0 Å². The van der Waals surface area contributed by atoms with Crippen LogP contribution < -0.4 is 0 Å². The molecule has 0 aromatic rings. The fourth-order valence-electron chi connectivity index (χ4n) is 2.45. The van der Waals surface area contributed by atoms with E-state index in [-0.39, 0.29) is 18.3 Å². The Kier molecular flexibility index (Phi) is 4.55. The van der Waals surface area contributed by atoms with E-state index < -0.39 is 0 Å². The van der Waals surface area contributed by atoms with Crippen molar-refractivity contribution >= 4 is 5.71 Å². The molecule has 1 N–H and O–H groups in total. The Morgan fingerprint density at radius 2 is 2.33 bits per heavy atom. The molecule has 0 amide bonds. The first-order chi connectivity index (χ1) is 8.72. The van der Waals surface area contributed by atoms with Gasteiger partial charge in [-0.15, -0.1) is 0 Å². The Bertz CT molecular complexity index is 367. The normalized spacial score (nSPS) is 32.3. The summed E-state index contributed by atoms with van der Waals surface area (Å²) < 4.78 is 11.5. The Morgan fingerprint density at radius 3 is 3.00 bits per heavy atom. The van der Waals surface area contributed by atoms with Crippen LogP contribution in [-0.4, -0.2) is 29.9 Å². The largest absolute Gasteiger partial charge is 0.411 e. The molecule has 1 heterocycles. The van der Waals surface area contributed by atoms with Gasteiger partial charge in [-0.05, 0) is 37.8 Å². The van der Waals surface area contributed by atoms with Crippen LogP contribution in [0.3, 0.4) is 0 Å². The summed E-state index contributed by atoms with van der Waals surface area (Å²) in [6, 6.07) is 0. The van der Waals surface area contributed by atoms with Crippen molar-refractivity contribution in [1.82, 2.24) is 0 Å². The van der Waals surface area contributed by atoms with Gasteiger partial charge in [0.15, 0.2) is 6.29 Å². The van der Waals surface area contributed by atoms with Gasteiger partial charge in [-0.3, -0.25) is 0 Å². The lowest BCUT2D eigenvalue weighted by molar-refractivity contribution is -0.177. The number of nitrogens with zero attached hydrogens (tertiary/aromatic N) is 1. The predicted octanol–water partition coefficient (Wildman–Crippen LogP) is 2.88. The van der Waals surface area contributed by atoms with Crippen LogP contribution in [-0.2, 0) is 9.47 Å². The van der Waals surface area contributed by atoms with Gasteiger partial charge < -0.3 is 14.7 Å². The summed E-state index contributed by atoms with van der Waals surface area (Å²) in [5.41, 5.74) is 1.80. The highest BCUT2D eigenvalue weighted by molar-refractivity contribution is 5.99. The molecule has 1 aliphatic carbocycles. The zero-order chi connectivity index (χ0) is 13.0. The molecule has 1 fully saturated rings. The third-order valence-electron chi connectivity index (χ3n) is 3.58. The monoisotopic (exact) mass is 251 g/mol. The van der Waals surface area contributed by atoms with Gasteiger partial charge in [0, 0.05) is 12.5 Å². The van der Waals surface area contributed by atoms with Crippen LogP contribution >= 0.6 is 0 Å². The molecule has 4 nitrogen and oxygen atoms in total. The molecule has 1 saturated heterocycles. The first-order valence-electron chi connectivity index (χ1n) is 6.59. The van der Waals surface area contributed by atoms with Crippen molar-refractivity contribution in [2.75, 3.05) is 6.61 Å². The topological polar surface area (TPSA) is 51.0 Å². The molecule has 4 heteroatoms. The zero-order valence-electron chi connectivity index (χ0n) is 11.0. The highest BCUT2D eigenvalue weighted by atomic mass is 16.7. The first-order valence-corrected chi connectivity index (χ1v) is 6.59. The SMILES string of the molecule is CC(OC1CCCCO1)C1=CC=CC(=NO)C1C. The molecule has 0 spiro atoms. The van der Waals surface area contributed by atoms with Crippen LogP contribution in [0.5, 0.6) is 0 Å². The van der Waals surface area contributed by atoms with E-state index in [1.807, 2.05) is 32.1 Å². The lowest BCUT2D eigenvalue weighted by Gasteiger charge is -2.29. The maximum Gasteiger partial charge on any atom is 0.158 e. The second kappa shape index (κ2) is 6.16. The average molecular weight is 251 g/mol. The van der Waals surface area contributed by atoms with Crippen molar-refractivity contribution in [2.24, 2.45) is 11.1 Å². The molecular formula is C14H21NO3. The lowest BCUT2D eigenvalue weighted by atomic mass is 9.88. The second-order valence-corrected chi connectivity index (χ2v) is 4.85. The third-order valence-corrected chi connectivity index (χ3v) is 3.58. The Labute approximate surface area is 108 Å². The van der Waals surface area contributed by atoms with Crippen LogP contribution in [0, 0.1) is 5.92 Å². The van der Waals surface area contributed by atoms with E-state index in [9.17, 15) is 0 Å². The molecule has 3 atom stereocenters. The maximum atomic E-state index is 8.93. The summed E-state index contributed by atoms with van der Waals surface area (Å²) in [5, 5.41) is 12.2. The Hall–Kier alpha value is -1.13. The van der Waals surface area contributed by atoms with Crippen LogP contribution in [0.15, 0.2) is 29.0 Å². The van der Waals surface area contributed by atoms with Gasteiger partial charge in [-0.1, -0.05) is 24.2 Å². The molecule has 3 unspecified atom stereocenters. The minimum Gasteiger partial charge on any atom is -0.411 e. The highest BCUT2D eigenvalue weighted by Crippen LogP contribution is 2.25. The van der Waals surface area contributed by atoms with Crippen LogP contribution in [0.1, 0.15) is 33.1 Å². The quantitative estimate of drug-likeness (QED) is 0.620. The summed E-state index contributed by atoms with van der Waals surface area (Å²) in [4.78, 5) is 0. The summed E-state index contributed by atoms with van der Waals surface area (Å²) >= 11 is 0. The molecule has 2 rings (SSSR count). The lowest BCUT2D eigenvalue weighted by Crippen LogP contribution is -2.30. The summed E-state index contributed by atoms with van der Waals surface area (Å²) in [7, 11) is 0. The zero-order valence-corrected chi connectivity index (χ0v) is 11.0. The summed E-state index contributed by atoms with van der Waals surface area (Å²) in [6.07, 6.45) is 8.87. The molecule has 0 radical (unpaired) electrons. The van der Waals surface area contributed by atoms with Crippen LogP contribution in [0.25, 0.3) is 0 Å². The van der Waals surface area contributed by atoms with Crippen molar-refractivity contribution in [3.05, 3.63) is 23.8 Å². The molecule has 0 bridgehead atoms. The van der Waals surface area contributed by atoms with Gasteiger partial charge >= 0.3 is 0 Å².